The molecule has 0 atom stereocenters. The molecule has 1 fully saturated rings. The summed E-state index contributed by atoms with van der Waals surface area (Å²) in [7, 11) is 4.80. The highest BCUT2D eigenvalue weighted by Gasteiger charge is 2.32. The Balaban J connectivity index is 2.43. The molecule has 0 aliphatic carbocycles. The Kier molecular flexibility index (Phi) is 8.09. The highest BCUT2D eigenvalue weighted by Crippen LogP contribution is 2.35. The number of ether oxygens (including phenoxy) is 1. The first kappa shape index (κ1) is 22.0. The number of carbonyl (C=O) groups excluding carboxylic acids is 3. The fourth-order valence-corrected chi connectivity index (χ4v) is 3.86. The average molecular weight is 423 g/mol. The summed E-state index contributed by atoms with van der Waals surface area (Å²) in [6.07, 6.45) is 0.989. The van der Waals surface area contributed by atoms with Gasteiger partial charge in [-0.2, -0.15) is 4.99 Å². The summed E-state index contributed by atoms with van der Waals surface area (Å²) in [5, 5.41) is 3.06. The number of amidine groups is 1. The smallest absolute Gasteiger partial charge is 0.435 e. The van der Waals surface area contributed by atoms with Crippen molar-refractivity contribution in [2.45, 2.75) is 4.90 Å². The molecule has 2 rings (SSSR count). The Hall–Kier alpha value is -2.30. The second-order valence-corrected chi connectivity index (χ2v) is 7.98. The summed E-state index contributed by atoms with van der Waals surface area (Å²) in [4.78, 5) is 44.1. The number of carbonyl (C=O) groups is 3. The zero-order valence-corrected chi connectivity index (χ0v) is 17.6. The van der Waals surface area contributed by atoms with E-state index in [1.807, 2.05) is 6.07 Å². The normalized spacial score (nSPS) is 15.2. The summed E-state index contributed by atoms with van der Waals surface area (Å²) < 4.78 is 4.57. The van der Waals surface area contributed by atoms with Crippen LogP contribution in [0.5, 0.6) is 0 Å². The van der Waals surface area contributed by atoms with E-state index in [9.17, 15) is 14.4 Å². The second kappa shape index (κ2) is 10.3. The number of rotatable bonds is 7. The fraction of sp³-hybridized carbons (Fsp3) is 0.333. The van der Waals surface area contributed by atoms with Crippen molar-refractivity contribution in [3.05, 3.63) is 30.9 Å². The van der Waals surface area contributed by atoms with Crippen LogP contribution in [0.1, 0.15) is 0 Å². The van der Waals surface area contributed by atoms with Crippen LogP contribution in [0.25, 0.3) is 0 Å². The molecule has 1 saturated heterocycles. The SMILES string of the molecule is C=CCSc1ccc(N2C(=O)CS/C2=N/C(=O)OC)c(NC(=O)CN(C)C)c1. The number of likely N-dealkylation sites (N-methyl/N-ethyl adjacent to an activating group) is 1. The first-order chi connectivity index (χ1) is 13.3. The monoisotopic (exact) mass is 422 g/mol. The number of benzene rings is 1. The minimum absolute atomic E-state index is 0.147. The molecule has 3 amide bonds. The van der Waals surface area contributed by atoms with Gasteiger partial charge in [0.1, 0.15) is 0 Å². The molecule has 0 radical (unpaired) electrons. The van der Waals surface area contributed by atoms with Crippen LogP contribution in [0, 0.1) is 0 Å². The number of aliphatic imine (C=N–C) groups is 1. The maximum atomic E-state index is 12.5. The van der Waals surface area contributed by atoms with Crippen LogP contribution in [0.3, 0.4) is 0 Å². The number of anilines is 2. The molecule has 1 N–H and O–H groups in total. The van der Waals surface area contributed by atoms with E-state index in [-0.39, 0.29) is 29.3 Å². The molecule has 0 unspecified atom stereocenters. The van der Waals surface area contributed by atoms with Crippen LogP contribution in [-0.4, -0.2) is 67.2 Å². The molecule has 28 heavy (non-hydrogen) atoms. The molecule has 0 aromatic heterocycles. The molecule has 10 heteroatoms. The van der Waals surface area contributed by atoms with E-state index in [1.165, 1.54) is 12.0 Å². The van der Waals surface area contributed by atoms with E-state index in [1.54, 1.807) is 49.0 Å². The van der Waals surface area contributed by atoms with Gasteiger partial charge in [-0.25, -0.2) is 4.79 Å². The van der Waals surface area contributed by atoms with Gasteiger partial charge in [0.05, 0.1) is 30.8 Å². The number of hydrogen-bond acceptors (Lipinski definition) is 7. The Morgan fingerprint density at radius 1 is 1.46 bits per heavy atom. The largest absolute Gasteiger partial charge is 0.451 e. The van der Waals surface area contributed by atoms with E-state index in [0.717, 1.165) is 16.7 Å². The third kappa shape index (κ3) is 5.85. The molecule has 1 aliphatic heterocycles. The quantitative estimate of drug-likeness (QED) is 0.533. The number of nitrogens with zero attached hydrogens (tertiary/aromatic N) is 3. The maximum absolute atomic E-state index is 12.5. The maximum Gasteiger partial charge on any atom is 0.435 e. The highest BCUT2D eigenvalue weighted by atomic mass is 32.2. The van der Waals surface area contributed by atoms with Crippen LogP contribution in [0.15, 0.2) is 40.7 Å². The van der Waals surface area contributed by atoms with Gasteiger partial charge in [0.2, 0.25) is 11.8 Å². The molecular weight excluding hydrogens is 400 g/mol. The lowest BCUT2D eigenvalue weighted by Crippen LogP contribution is -2.32. The predicted molar refractivity (Wildman–Crippen MR) is 114 cm³/mol. The summed E-state index contributed by atoms with van der Waals surface area (Å²) >= 11 is 2.69. The molecule has 1 aliphatic rings. The van der Waals surface area contributed by atoms with Gasteiger partial charge in [-0.15, -0.1) is 18.3 Å². The summed E-state index contributed by atoms with van der Waals surface area (Å²) in [6, 6.07) is 5.37. The lowest BCUT2D eigenvalue weighted by atomic mass is 10.2. The molecule has 0 saturated carbocycles. The van der Waals surface area contributed by atoms with Gasteiger partial charge < -0.3 is 15.0 Å². The number of nitrogens with one attached hydrogen (secondary N) is 1. The molecule has 1 aromatic rings. The number of amides is 3. The van der Waals surface area contributed by atoms with E-state index in [4.69, 9.17) is 0 Å². The van der Waals surface area contributed by atoms with Gasteiger partial charge in [0.15, 0.2) is 5.17 Å². The van der Waals surface area contributed by atoms with Crippen LogP contribution in [-0.2, 0) is 14.3 Å². The van der Waals surface area contributed by atoms with Crippen LogP contribution in [0.2, 0.25) is 0 Å². The van der Waals surface area contributed by atoms with Gasteiger partial charge in [0.25, 0.3) is 0 Å². The van der Waals surface area contributed by atoms with Gasteiger partial charge in [0, 0.05) is 10.6 Å². The third-order valence-corrected chi connectivity index (χ3v) is 5.35. The van der Waals surface area contributed by atoms with Crippen molar-refractivity contribution in [2.75, 3.05) is 49.5 Å². The average Bonchev–Trinajstić information content (AvgIpc) is 2.99. The molecule has 8 nitrogen and oxygen atoms in total. The number of thioether (sulfide) groups is 2. The Morgan fingerprint density at radius 3 is 2.86 bits per heavy atom. The third-order valence-electron chi connectivity index (χ3n) is 3.44. The van der Waals surface area contributed by atoms with Gasteiger partial charge in [-0.05, 0) is 32.3 Å². The summed E-state index contributed by atoms with van der Waals surface area (Å²) in [6.45, 7) is 3.89. The van der Waals surface area contributed by atoms with Gasteiger partial charge in [-0.3, -0.25) is 14.5 Å². The Bertz CT molecular complexity index is 811. The Labute approximate surface area is 172 Å². The molecular formula is C18H22N4O4S2. The lowest BCUT2D eigenvalue weighted by molar-refractivity contribution is -0.117. The van der Waals surface area contributed by atoms with Crippen LogP contribution < -0.4 is 10.2 Å². The van der Waals surface area contributed by atoms with E-state index in [0.29, 0.717) is 17.1 Å². The van der Waals surface area contributed by atoms with Crippen molar-refractivity contribution >= 4 is 58.0 Å². The summed E-state index contributed by atoms with van der Waals surface area (Å²) in [5.74, 6) is 0.399. The van der Waals surface area contributed by atoms with Crippen molar-refractivity contribution in [2.24, 2.45) is 4.99 Å². The first-order valence-electron chi connectivity index (χ1n) is 8.30. The van der Waals surface area contributed by atoms with E-state index < -0.39 is 6.09 Å². The number of methoxy groups -OCH3 is 1. The fourth-order valence-electron chi connectivity index (χ4n) is 2.34. The molecule has 0 spiro atoms. The first-order valence-corrected chi connectivity index (χ1v) is 10.3. The van der Waals surface area contributed by atoms with Crippen molar-refractivity contribution in [3.63, 3.8) is 0 Å². The van der Waals surface area contributed by atoms with Crippen LogP contribution >= 0.6 is 23.5 Å². The van der Waals surface area contributed by atoms with Crippen LogP contribution in [0.4, 0.5) is 16.2 Å². The van der Waals surface area contributed by atoms with Gasteiger partial charge in [-0.1, -0.05) is 17.8 Å². The summed E-state index contributed by atoms with van der Waals surface area (Å²) in [5.41, 5.74) is 0.919. The lowest BCUT2D eigenvalue weighted by Gasteiger charge is -2.21. The minimum Gasteiger partial charge on any atom is -0.451 e. The zero-order valence-electron chi connectivity index (χ0n) is 15.9. The molecule has 1 aromatic carbocycles. The van der Waals surface area contributed by atoms with E-state index in [2.05, 4.69) is 21.6 Å². The topological polar surface area (TPSA) is 91.3 Å². The van der Waals surface area contributed by atoms with E-state index >= 15 is 0 Å². The number of hydrogen-bond donors (Lipinski definition) is 1. The zero-order chi connectivity index (χ0) is 20.7. The standard InChI is InChI=1S/C18H22N4O4S2/c1-5-8-27-12-6-7-14(13(9-12)19-15(23)10-21(2)3)22-16(24)11-28-17(22)20-18(25)26-4/h5-7,9H,1,8,10-11H2,2-4H3,(H,19,23)/b20-17+. The van der Waals surface area contributed by atoms with Gasteiger partial charge >= 0.3 is 6.09 Å². The highest BCUT2D eigenvalue weighted by molar-refractivity contribution is 8.15. The van der Waals surface area contributed by atoms with Crippen molar-refractivity contribution in [3.8, 4) is 0 Å². The predicted octanol–water partition coefficient (Wildman–Crippen LogP) is 2.67. The minimum atomic E-state index is -0.793. The molecule has 1 heterocycles. The van der Waals surface area contributed by atoms with Crippen molar-refractivity contribution in [1.82, 2.24) is 4.90 Å². The van der Waals surface area contributed by atoms with Crippen molar-refractivity contribution in [1.29, 1.82) is 0 Å². The Morgan fingerprint density at radius 2 is 2.21 bits per heavy atom. The molecule has 0 bridgehead atoms. The second-order valence-electron chi connectivity index (χ2n) is 5.95. The molecule has 150 valence electrons. The van der Waals surface area contributed by atoms with Crippen molar-refractivity contribution < 1.29 is 19.1 Å².